The van der Waals surface area contributed by atoms with E-state index in [1.807, 2.05) is 0 Å². The summed E-state index contributed by atoms with van der Waals surface area (Å²) >= 11 is 11.1. The normalized spacial score (nSPS) is 28.2. The minimum absolute atomic E-state index is 0.644. The Morgan fingerprint density at radius 3 is 2.31 bits per heavy atom. The van der Waals surface area contributed by atoms with Crippen LogP contribution in [0.3, 0.4) is 0 Å². The van der Waals surface area contributed by atoms with E-state index < -0.39 is 22.5 Å². The Balaban J connectivity index is 3.07. The predicted octanol–water partition coefficient (Wildman–Crippen LogP) is 0.00250. The van der Waals surface area contributed by atoms with Crippen LogP contribution in [0.2, 0.25) is 0 Å². The maximum absolute atomic E-state index is 11.3. The Morgan fingerprint density at radius 1 is 1.38 bits per heavy atom. The first-order chi connectivity index (χ1) is 5.80. The highest BCUT2D eigenvalue weighted by molar-refractivity contribution is 6.59. The molecule has 1 aliphatic rings. The van der Waals surface area contributed by atoms with Crippen LogP contribution in [0.5, 0.6) is 0 Å². The number of imide groups is 1. The fourth-order valence-corrected chi connectivity index (χ4v) is 1.55. The summed E-state index contributed by atoms with van der Waals surface area (Å²) in [4.78, 5) is 24.1. The van der Waals surface area contributed by atoms with Crippen molar-refractivity contribution in [2.24, 2.45) is 0 Å². The van der Waals surface area contributed by atoms with Crippen molar-refractivity contribution in [1.29, 1.82) is 0 Å². The summed E-state index contributed by atoms with van der Waals surface area (Å²) in [5.41, 5.74) is 0. The van der Waals surface area contributed by atoms with Gasteiger partial charge in [-0.3, -0.25) is 14.6 Å². The Hall–Kier alpha value is -0.520. The number of hydrogen-bond donors (Lipinski definition) is 1. The molecular formula is C6H8Cl2N2O3. The first kappa shape index (κ1) is 10.6. The molecule has 1 saturated heterocycles. The van der Waals surface area contributed by atoms with Crippen molar-refractivity contribution < 1.29 is 14.7 Å². The fourth-order valence-electron chi connectivity index (χ4n) is 1.01. The van der Waals surface area contributed by atoms with Crippen molar-refractivity contribution in [2.45, 2.75) is 10.6 Å². The van der Waals surface area contributed by atoms with E-state index in [0.29, 0.717) is 0 Å². The zero-order valence-corrected chi connectivity index (χ0v) is 8.50. The number of carbonyl (C=O) groups is 2. The smallest absolute Gasteiger partial charge is 0.328 e. The van der Waals surface area contributed by atoms with Crippen molar-refractivity contribution in [1.82, 2.24) is 9.80 Å². The molecule has 0 unspecified atom stereocenters. The van der Waals surface area contributed by atoms with Gasteiger partial charge in [0, 0.05) is 14.1 Å². The number of halogens is 2. The minimum Gasteiger partial charge on any atom is -0.370 e. The molecule has 74 valence electrons. The van der Waals surface area contributed by atoms with Gasteiger partial charge in [-0.05, 0) is 0 Å². The zero-order chi connectivity index (χ0) is 10.4. The molecule has 0 saturated carbocycles. The van der Waals surface area contributed by atoms with Crippen molar-refractivity contribution >= 4 is 35.1 Å². The van der Waals surface area contributed by atoms with Gasteiger partial charge in [0.1, 0.15) is 0 Å². The summed E-state index contributed by atoms with van der Waals surface area (Å²) in [6.45, 7) is 0. The molecule has 1 N–H and O–H groups in total. The van der Waals surface area contributed by atoms with Crippen LogP contribution in [0.4, 0.5) is 4.79 Å². The molecule has 0 spiro atoms. The molecular weight excluding hydrogens is 219 g/mol. The van der Waals surface area contributed by atoms with Crippen molar-refractivity contribution in [2.75, 3.05) is 14.1 Å². The van der Waals surface area contributed by atoms with Crippen LogP contribution in [0.1, 0.15) is 0 Å². The number of nitrogens with zero attached hydrogens (tertiary/aromatic N) is 2. The molecule has 0 aromatic rings. The van der Waals surface area contributed by atoms with E-state index in [4.69, 9.17) is 23.2 Å². The largest absolute Gasteiger partial charge is 0.370 e. The molecule has 0 radical (unpaired) electrons. The molecule has 13 heavy (non-hydrogen) atoms. The highest BCUT2D eigenvalue weighted by Gasteiger charge is 2.53. The summed E-state index contributed by atoms with van der Waals surface area (Å²) in [6.07, 6.45) is -1.52. The van der Waals surface area contributed by atoms with E-state index in [1.165, 1.54) is 14.1 Å². The second-order valence-corrected chi connectivity index (χ2v) is 4.14. The third-order valence-corrected chi connectivity index (χ3v) is 2.58. The van der Waals surface area contributed by atoms with Gasteiger partial charge < -0.3 is 5.11 Å². The van der Waals surface area contributed by atoms with Crippen LogP contribution in [0, 0.1) is 0 Å². The highest BCUT2D eigenvalue weighted by atomic mass is 35.5. The molecule has 0 bridgehead atoms. The summed E-state index contributed by atoms with van der Waals surface area (Å²) in [6, 6.07) is -0.644. The van der Waals surface area contributed by atoms with Crippen LogP contribution >= 0.6 is 23.2 Å². The minimum atomic E-state index is -1.99. The number of aliphatic hydroxyl groups excluding tert-OH is 1. The maximum Gasteiger partial charge on any atom is 0.328 e. The van der Waals surface area contributed by atoms with Gasteiger partial charge in [0.2, 0.25) is 4.33 Å². The number of aliphatic hydroxyl groups is 1. The van der Waals surface area contributed by atoms with Gasteiger partial charge in [0.05, 0.1) is 0 Å². The molecule has 1 rings (SSSR count). The van der Waals surface area contributed by atoms with Crippen LogP contribution in [0.25, 0.3) is 0 Å². The molecule has 5 nitrogen and oxygen atoms in total. The summed E-state index contributed by atoms with van der Waals surface area (Å²) in [7, 11) is 2.54. The third-order valence-electron chi connectivity index (χ3n) is 1.87. The summed E-state index contributed by atoms with van der Waals surface area (Å²) < 4.78 is -1.99. The topological polar surface area (TPSA) is 60.9 Å². The van der Waals surface area contributed by atoms with Crippen molar-refractivity contribution in [3.05, 3.63) is 0 Å². The Morgan fingerprint density at radius 2 is 1.85 bits per heavy atom. The molecule has 0 aromatic heterocycles. The van der Waals surface area contributed by atoms with Gasteiger partial charge >= 0.3 is 6.03 Å². The average Bonchev–Trinajstić information content (AvgIpc) is 2.09. The molecule has 0 aromatic carbocycles. The Bertz CT molecular complexity index is 269. The number of urea groups is 1. The lowest BCUT2D eigenvalue weighted by molar-refractivity contribution is -0.137. The highest BCUT2D eigenvalue weighted by Crippen LogP contribution is 2.33. The van der Waals surface area contributed by atoms with E-state index in [1.54, 1.807) is 0 Å². The van der Waals surface area contributed by atoms with E-state index in [2.05, 4.69) is 0 Å². The Kier molecular flexibility index (Phi) is 2.44. The number of alkyl halides is 2. The molecule has 7 heteroatoms. The lowest BCUT2D eigenvalue weighted by atomic mass is 10.2. The molecule has 3 amide bonds. The van der Waals surface area contributed by atoms with Gasteiger partial charge in [-0.25, -0.2) is 4.79 Å². The molecule has 0 aliphatic carbocycles. The molecule has 1 atom stereocenters. The quantitative estimate of drug-likeness (QED) is 0.592. The van der Waals surface area contributed by atoms with E-state index in [-0.39, 0.29) is 0 Å². The number of amides is 3. The van der Waals surface area contributed by atoms with Crippen molar-refractivity contribution in [3.63, 3.8) is 0 Å². The lowest BCUT2D eigenvalue weighted by Gasteiger charge is -2.40. The molecule has 1 fully saturated rings. The molecule has 1 heterocycles. The maximum atomic E-state index is 11.3. The zero-order valence-electron chi connectivity index (χ0n) is 6.99. The molecule has 1 aliphatic heterocycles. The SMILES string of the molecule is CN1C(=O)N(C)[C@@H](O)C(Cl)(Cl)C1=O. The monoisotopic (exact) mass is 226 g/mol. The van der Waals surface area contributed by atoms with E-state index in [0.717, 1.165) is 9.80 Å². The second-order valence-electron chi connectivity index (χ2n) is 2.75. The van der Waals surface area contributed by atoms with Crippen LogP contribution in [0.15, 0.2) is 0 Å². The first-order valence-corrected chi connectivity index (χ1v) is 4.16. The standard InChI is InChI=1S/C6H8Cl2N2O3/c1-9-3(11)6(7,8)4(12)10(2)5(9)13/h3,11H,1-2H3/t3-/m0/s1. The van der Waals surface area contributed by atoms with E-state index in [9.17, 15) is 14.7 Å². The van der Waals surface area contributed by atoms with Crippen LogP contribution in [-0.2, 0) is 4.79 Å². The van der Waals surface area contributed by atoms with E-state index >= 15 is 0 Å². The van der Waals surface area contributed by atoms with Crippen LogP contribution < -0.4 is 0 Å². The van der Waals surface area contributed by atoms with Gasteiger partial charge in [-0.15, -0.1) is 0 Å². The fraction of sp³-hybridized carbons (Fsp3) is 0.667. The predicted molar refractivity (Wildman–Crippen MR) is 46.4 cm³/mol. The number of rotatable bonds is 0. The number of hydrogen-bond acceptors (Lipinski definition) is 3. The van der Waals surface area contributed by atoms with Gasteiger partial charge in [0.15, 0.2) is 6.23 Å². The summed E-state index contributed by atoms with van der Waals surface area (Å²) in [5.74, 6) is -0.827. The van der Waals surface area contributed by atoms with Gasteiger partial charge in [-0.1, -0.05) is 23.2 Å². The van der Waals surface area contributed by atoms with Crippen molar-refractivity contribution in [3.8, 4) is 0 Å². The summed E-state index contributed by atoms with van der Waals surface area (Å²) in [5, 5.41) is 9.36. The Labute approximate surface area is 84.8 Å². The second kappa shape index (κ2) is 3.01. The third kappa shape index (κ3) is 1.37. The first-order valence-electron chi connectivity index (χ1n) is 3.41. The van der Waals surface area contributed by atoms with Gasteiger partial charge in [-0.2, -0.15) is 0 Å². The lowest BCUT2D eigenvalue weighted by Crippen LogP contribution is -2.64. The average molecular weight is 227 g/mol. The number of carbonyl (C=O) groups excluding carboxylic acids is 2. The van der Waals surface area contributed by atoms with Gasteiger partial charge in [0.25, 0.3) is 5.91 Å². The van der Waals surface area contributed by atoms with Crippen LogP contribution in [-0.4, -0.2) is 51.5 Å².